The van der Waals surface area contributed by atoms with Crippen LogP contribution in [0.3, 0.4) is 0 Å². The first-order valence-corrected chi connectivity index (χ1v) is 6.70. The van der Waals surface area contributed by atoms with Gasteiger partial charge in [0.2, 0.25) is 5.91 Å². The summed E-state index contributed by atoms with van der Waals surface area (Å²) in [6.45, 7) is 1.75. The molecule has 0 radical (unpaired) electrons. The fourth-order valence-corrected chi connectivity index (χ4v) is 2.05. The summed E-state index contributed by atoms with van der Waals surface area (Å²) >= 11 is 0. The summed E-state index contributed by atoms with van der Waals surface area (Å²) in [5.41, 5.74) is 0.730. The highest BCUT2D eigenvalue weighted by Crippen LogP contribution is 2.17. The summed E-state index contributed by atoms with van der Waals surface area (Å²) in [7, 11) is 1.37. The van der Waals surface area contributed by atoms with Crippen molar-refractivity contribution in [3.8, 4) is 0 Å². The van der Waals surface area contributed by atoms with Crippen LogP contribution in [0.4, 0.5) is 5.69 Å². The molecular formula is C14H14ClN5O3. The normalized spacial score (nSPS) is 10.5. The van der Waals surface area contributed by atoms with E-state index < -0.39 is 11.2 Å². The monoisotopic (exact) mass is 335 g/mol. The summed E-state index contributed by atoms with van der Waals surface area (Å²) in [5.74, 6) is -0.115. The maximum atomic E-state index is 12.0. The number of carbonyl (C=O) groups is 1. The van der Waals surface area contributed by atoms with E-state index >= 15 is 0 Å². The van der Waals surface area contributed by atoms with Gasteiger partial charge in [-0.2, -0.15) is 0 Å². The number of amides is 1. The lowest BCUT2D eigenvalue weighted by atomic mass is 10.2. The standard InChI is InChI=1S/C14H13N5O3.ClH/c1-3-10(20)15-7-4-5-8-9(6-7)17-12-11(16-8)13(21)19(2)14(22)18-12;/h4-6H,3H2,1-2H3,(H,15,20)(H,17,18,22);1H. The van der Waals surface area contributed by atoms with Crippen molar-refractivity contribution >= 4 is 46.2 Å². The molecule has 3 rings (SSSR count). The maximum absolute atomic E-state index is 12.0. The second-order valence-corrected chi connectivity index (χ2v) is 4.82. The lowest BCUT2D eigenvalue weighted by molar-refractivity contribution is -0.115. The molecule has 0 saturated heterocycles. The third-order valence-corrected chi connectivity index (χ3v) is 3.31. The summed E-state index contributed by atoms with van der Waals surface area (Å²) in [5, 5.41) is 2.72. The van der Waals surface area contributed by atoms with Crippen molar-refractivity contribution in [3.63, 3.8) is 0 Å². The highest BCUT2D eigenvalue weighted by atomic mass is 35.5. The zero-order valence-electron chi connectivity index (χ0n) is 12.4. The van der Waals surface area contributed by atoms with Crippen LogP contribution < -0.4 is 16.6 Å². The molecule has 23 heavy (non-hydrogen) atoms. The molecule has 9 heteroatoms. The lowest BCUT2D eigenvalue weighted by Gasteiger charge is -2.06. The first-order chi connectivity index (χ1) is 10.5. The Morgan fingerprint density at radius 2 is 2.00 bits per heavy atom. The van der Waals surface area contributed by atoms with E-state index in [0.717, 1.165) is 4.57 Å². The summed E-state index contributed by atoms with van der Waals surface area (Å²) in [4.78, 5) is 46.1. The number of nitrogens with one attached hydrogen (secondary N) is 2. The van der Waals surface area contributed by atoms with Crippen LogP contribution in [0.15, 0.2) is 27.8 Å². The number of aromatic amines is 1. The number of H-pyrrole nitrogens is 1. The van der Waals surface area contributed by atoms with Gasteiger partial charge in [0.15, 0.2) is 11.2 Å². The van der Waals surface area contributed by atoms with Gasteiger partial charge in [-0.15, -0.1) is 12.4 Å². The Bertz CT molecular complexity index is 1020. The Balaban J connectivity index is 0.00000192. The third kappa shape index (κ3) is 2.93. The van der Waals surface area contributed by atoms with E-state index in [1.54, 1.807) is 25.1 Å². The molecule has 2 aromatic heterocycles. The number of aromatic nitrogens is 4. The van der Waals surface area contributed by atoms with Crippen LogP contribution in [-0.4, -0.2) is 25.4 Å². The van der Waals surface area contributed by atoms with Crippen molar-refractivity contribution < 1.29 is 4.79 Å². The number of halogens is 1. The Kier molecular flexibility index (Phi) is 4.46. The van der Waals surface area contributed by atoms with Crippen LogP contribution in [0.25, 0.3) is 22.2 Å². The smallest absolute Gasteiger partial charge is 0.326 e. The Hall–Kier alpha value is -2.74. The third-order valence-electron chi connectivity index (χ3n) is 3.31. The second kappa shape index (κ2) is 6.17. The molecule has 0 aliphatic rings. The number of anilines is 1. The highest BCUT2D eigenvalue weighted by Gasteiger charge is 2.10. The minimum absolute atomic E-state index is 0. The Labute approximate surface area is 136 Å². The Morgan fingerprint density at radius 1 is 1.26 bits per heavy atom. The zero-order valence-corrected chi connectivity index (χ0v) is 13.2. The molecule has 120 valence electrons. The summed E-state index contributed by atoms with van der Waals surface area (Å²) in [6.07, 6.45) is 0.366. The number of benzene rings is 1. The number of fused-ring (bicyclic) bond motifs is 2. The minimum Gasteiger partial charge on any atom is -0.326 e. The molecule has 0 spiro atoms. The number of hydrogen-bond acceptors (Lipinski definition) is 5. The molecule has 0 fully saturated rings. The highest BCUT2D eigenvalue weighted by molar-refractivity contribution is 5.93. The summed E-state index contributed by atoms with van der Waals surface area (Å²) in [6, 6.07) is 5.00. The van der Waals surface area contributed by atoms with Gasteiger partial charge in [0.05, 0.1) is 11.0 Å². The second-order valence-electron chi connectivity index (χ2n) is 4.82. The molecule has 8 nitrogen and oxygen atoms in total. The number of rotatable bonds is 2. The minimum atomic E-state index is -0.554. The fraction of sp³-hybridized carbons (Fsp3) is 0.214. The predicted molar refractivity (Wildman–Crippen MR) is 89.1 cm³/mol. The largest absolute Gasteiger partial charge is 0.329 e. The molecule has 0 aliphatic heterocycles. The molecule has 0 saturated carbocycles. The van der Waals surface area contributed by atoms with E-state index in [9.17, 15) is 14.4 Å². The van der Waals surface area contributed by atoms with Crippen LogP contribution in [0, 0.1) is 0 Å². The molecule has 0 bridgehead atoms. The van der Waals surface area contributed by atoms with Gasteiger partial charge in [-0.3, -0.25) is 19.1 Å². The fourth-order valence-electron chi connectivity index (χ4n) is 2.05. The van der Waals surface area contributed by atoms with Gasteiger partial charge in [0, 0.05) is 19.2 Å². The molecule has 0 atom stereocenters. The Morgan fingerprint density at radius 3 is 2.70 bits per heavy atom. The zero-order chi connectivity index (χ0) is 15.9. The number of nitrogens with zero attached hydrogens (tertiary/aromatic N) is 3. The van der Waals surface area contributed by atoms with Crippen LogP contribution in [0.2, 0.25) is 0 Å². The van der Waals surface area contributed by atoms with E-state index in [2.05, 4.69) is 20.3 Å². The molecule has 2 heterocycles. The molecule has 1 amide bonds. The van der Waals surface area contributed by atoms with E-state index in [1.165, 1.54) is 7.05 Å². The van der Waals surface area contributed by atoms with Gasteiger partial charge in [-0.1, -0.05) is 6.92 Å². The molecular weight excluding hydrogens is 322 g/mol. The molecule has 0 unspecified atom stereocenters. The van der Waals surface area contributed by atoms with Crippen LogP contribution >= 0.6 is 12.4 Å². The van der Waals surface area contributed by atoms with Crippen LogP contribution in [0.5, 0.6) is 0 Å². The van der Waals surface area contributed by atoms with Crippen LogP contribution in [0.1, 0.15) is 13.3 Å². The van der Waals surface area contributed by atoms with Crippen LogP contribution in [-0.2, 0) is 11.8 Å². The average Bonchev–Trinajstić information content (AvgIpc) is 2.51. The van der Waals surface area contributed by atoms with Crippen molar-refractivity contribution in [1.29, 1.82) is 0 Å². The SMILES string of the molecule is CCC(=O)Nc1ccc2nc3c(=O)n(C)c(=O)[nH]c3nc2c1.Cl. The van der Waals surface area contributed by atoms with Gasteiger partial charge in [0.25, 0.3) is 5.56 Å². The van der Waals surface area contributed by atoms with E-state index in [-0.39, 0.29) is 29.5 Å². The summed E-state index contributed by atoms with van der Waals surface area (Å²) < 4.78 is 0.943. The van der Waals surface area contributed by atoms with Gasteiger partial charge in [0.1, 0.15) is 0 Å². The molecule has 3 aromatic rings. The van der Waals surface area contributed by atoms with Gasteiger partial charge >= 0.3 is 5.69 Å². The molecule has 2 N–H and O–H groups in total. The maximum Gasteiger partial charge on any atom is 0.329 e. The van der Waals surface area contributed by atoms with Crippen molar-refractivity contribution in [3.05, 3.63) is 39.0 Å². The van der Waals surface area contributed by atoms with Crippen molar-refractivity contribution in [2.75, 3.05) is 5.32 Å². The molecule has 1 aromatic carbocycles. The van der Waals surface area contributed by atoms with Gasteiger partial charge < -0.3 is 5.32 Å². The predicted octanol–water partition coefficient (Wildman–Crippen LogP) is 0.940. The van der Waals surface area contributed by atoms with Crippen molar-refractivity contribution in [2.24, 2.45) is 7.05 Å². The topological polar surface area (TPSA) is 110 Å². The quantitative estimate of drug-likeness (QED) is 0.677. The number of hydrogen-bond donors (Lipinski definition) is 2. The van der Waals surface area contributed by atoms with Gasteiger partial charge in [-0.25, -0.2) is 14.8 Å². The average molecular weight is 336 g/mol. The molecule has 0 aliphatic carbocycles. The number of carbonyl (C=O) groups excluding carboxylic acids is 1. The van der Waals surface area contributed by atoms with Crippen molar-refractivity contribution in [1.82, 2.24) is 19.5 Å². The lowest BCUT2D eigenvalue weighted by Crippen LogP contribution is -2.33. The van der Waals surface area contributed by atoms with E-state index in [0.29, 0.717) is 23.1 Å². The van der Waals surface area contributed by atoms with Gasteiger partial charge in [-0.05, 0) is 18.2 Å². The first-order valence-electron chi connectivity index (χ1n) is 6.70. The van der Waals surface area contributed by atoms with E-state index in [4.69, 9.17) is 0 Å². The van der Waals surface area contributed by atoms with E-state index in [1.807, 2.05) is 0 Å². The van der Waals surface area contributed by atoms with Crippen molar-refractivity contribution in [2.45, 2.75) is 13.3 Å². The first kappa shape index (κ1) is 16.6.